The van der Waals surface area contributed by atoms with Crippen LogP contribution in [-0.4, -0.2) is 47.7 Å². The number of ether oxygens (including phenoxy) is 1. The zero-order chi connectivity index (χ0) is 24.6. The van der Waals surface area contributed by atoms with Gasteiger partial charge in [0.05, 0.1) is 19.2 Å². The summed E-state index contributed by atoms with van der Waals surface area (Å²) < 4.78 is 20.7. The molecular formula is C29H31FN2O3. The lowest BCUT2D eigenvalue weighted by atomic mass is 9.79. The fourth-order valence-corrected chi connectivity index (χ4v) is 4.97. The number of carboxylic acids is 1. The van der Waals surface area contributed by atoms with Crippen LogP contribution in [0.25, 0.3) is 10.9 Å². The predicted molar refractivity (Wildman–Crippen MR) is 135 cm³/mol. The first kappa shape index (κ1) is 24.7. The van der Waals surface area contributed by atoms with Crippen LogP contribution in [0.3, 0.4) is 0 Å². The Hall–Kier alpha value is -3.43. The molecule has 182 valence electrons. The second-order valence-corrected chi connectivity index (χ2v) is 9.14. The quantitative estimate of drug-likeness (QED) is 0.437. The molecule has 0 spiro atoms. The van der Waals surface area contributed by atoms with E-state index in [0.29, 0.717) is 37.2 Å². The van der Waals surface area contributed by atoms with E-state index in [4.69, 9.17) is 4.74 Å². The van der Waals surface area contributed by atoms with Gasteiger partial charge >= 0.3 is 5.97 Å². The van der Waals surface area contributed by atoms with Crippen LogP contribution < -0.4 is 4.74 Å². The lowest BCUT2D eigenvalue weighted by Gasteiger charge is -2.37. The number of hydrogen-bond acceptors (Lipinski definition) is 4. The van der Waals surface area contributed by atoms with Gasteiger partial charge in [0, 0.05) is 30.1 Å². The van der Waals surface area contributed by atoms with E-state index >= 15 is 4.39 Å². The van der Waals surface area contributed by atoms with Crippen LogP contribution in [0.15, 0.2) is 60.8 Å². The summed E-state index contributed by atoms with van der Waals surface area (Å²) in [5, 5.41) is 10.2. The Morgan fingerprint density at radius 1 is 1.23 bits per heavy atom. The van der Waals surface area contributed by atoms with Crippen molar-refractivity contribution >= 4 is 16.9 Å². The van der Waals surface area contributed by atoms with Gasteiger partial charge in [-0.05, 0) is 79.6 Å². The lowest BCUT2D eigenvalue weighted by molar-refractivity contribution is -0.139. The standard InChI is InChI=1S/C29H31FN2O3/c1-35-24-10-12-28-26(19-24)25(13-15-31-28)27(30)11-9-22-14-17-32(20-23(22)18-29(33)34)16-5-8-21-6-3-2-4-7-21/h2-4,6-7,10,12-13,15,19,22-23,27H,9,11,14,16-18,20H2,1H3,(H,33,34). The number of hydrogen-bond donors (Lipinski definition) is 1. The van der Waals surface area contributed by atoms with Crippen LogP contribution in [0, 0.1) is 23.7 Å². The number of piperidine rings is 1. The van der Waals surface area contributed by atoms with E-state index < -0.39 is 12.1 Å². The third-order valence-electron chi connectivity index (χ3n) is 6.83. The number of carboxylic acid groups (broad SMARTS) is 1. The summed E-state index contributed by atoms with van der Waals surface area (Å²) >= 11 is 0. The van der Waals surface area contributed by atoms with Gasteiger partial charge in [0.2, 0.25) is 0 Å². The molecule has 1 aliphatic heterocycles. The van der Waals surface area contributed by atoms with Crippen molar-refractivity contribution in [3.8, 4) is 17.6 Å². The number of fused-ring (bicyclic) bond motifs is 1. The minimum absolute atomic E-state index is 0.0127. The van der Waals surface area contributed by atoms with Crippen LogP contribution in [0.4, 0.5) is 4.39 Å². The highest BCUT2D eigenvalue weighted by molar-refractivity contribution is 5.83. The number of likely N-dealkylation sites (tertiary alicyclic amines) is 1. The molecule has 0 bridgehead atoms. The summed E-state index contributed by atoms with van der Waals surface area (Å²) in [4.78, 5) is 18.1. The molecule has 0 radical (unpaired) electrons. The largest absolute Gasteiger partial charge is 0.497 e. The normalized spacial score (nSPS) is 19.0. The maximum absolute atomic E-state index is 15.4. The SMILES string of the molecule is COc1ccc2nccc(C(F)CCC3CCN(CC#Cc4ccccc4)CC3CC(=O)O)c2c1. The number of pyridine rings is 1. The van der Waals surface area contributed by atoms with Crippen molar-refractivity contribution in [3.63, 3.8) is 0 Å². The Morgan fingerprint density at radius 2 is 2.06 bits per heavy atom. The Labute approximate surface area is 205 Å². The number of rotatable bonds is 8. The molecule has 3 atom stereocenters. The van der Waals surface area contributed by atoms with Gasteiger partial charge < -0.3 is 9.84 Å². The molecule has 0 amide bonds. The molecule has 1 aliphatic rings. The van der Waals surface area contributed by atoms with E-state index in [0.717, 1.165) is 29.4 Å². The molecule has 3 unspecified atom stereocenters. The Kier molecular flexibility index (Phi) is 8.33. The van der Waals surface area contributed by atoms with Crippen LogP contribution in [0.5, 0.6) is 5.75 Å². The molecule has 4 rings (SSSR count). The van der Waals surface area contributed by atoms with Gasteiger partial charge in [-0.2, -0.15) is 0 Å². The third kappa shape index (κ3) is 6.58. The number of nitrogens with zero attached hydrogens (tertiary/aromatic N) is 2. The molecule has 0 saturated carbocycles. The third-order valence-corrected chi connectivity index (χ3v) is 6.83. The first-order valence-corrected chi connectivity index (χ1v) is 12.1. The number of alkyl halides is 1. The van der Waals surface area contributed by atoms with E-state index in [-0.39, 0.29) is 18.3 Å². The molecule has 3 aromatic rings. The van der Waals surface area contributed by atoms with Crippen LogP contribution in [0.1, 0.15) is 43.0 Å². The molecule has 5 nitrogen and oxygen atoms in total. The number of methoxy groups -OCH3 is 1. The van der Waals surface area contributed by atoms with Gasteiger partial charge in [0.1, 0.15) is 11.9 Å². The summed E-state index contributed by atoms with van der Waals surface area (Å²) in [6, 6.07) is 17.0. The van der Waals surface area contributed by atoms with Gasteiger partial charge in [-0.25, -0.2) is 4.39 Å². The Bertz CT molecular complexity index is 1200. The zero-order valence-electron chi connectivity index (χ0n) is 20.0. The lowest BCUT2D eigenvalue weighted by Crippen LogP contribution is -2.41. The second-order valence-electron chi connectivity index (χ2n) is 9.14. The predicted octanol–water partition coefficient (Wildman–Crippen LogP) is 5.50. The van der Waals surface area contributed by atoms with Crippen LogP contribution in [0.2, 0.25) is 0 Å². The molecular weight excluding hydrogens is 443 g/mol. The van der Waals surface area contributed by atoms with E-state index in [2.05, 4.69) is 21.7 Å². The van der Waals surface area contributed by atoms with Gasteiger partial charge in [-0.3, -0.25) is 14.7 Å². The highest BCUT2D eigenvalue weighted by Crippen LogP contribution is 2.36. The van der Waals surface area contributed by atoms with Gasteiger partial charge in [-0.15, -0.1) is 0 Å². The summed E-state index contributed by atoms with van der Waals surface area (Å²) in [6.07, 6.45) is 2.44. The van der Waals surface area contributed by atoms with Crippen molar-refractivity contribution < 1.29 is 19.0 Å². The van der Waals surface area contributed by atoms with Gasteiger partial charge in [0.25, 0.3) is 0 Å². The number of benzene rings is 2. The van der Waals surface area contributed by atoms with Crippen molar-refractivity contribution in [3.05, 3.63) is 71.9 Å². The minimum Gasteiger partial charge on any atom is -0.497 e. The average Bonchev–Trinajstić information content (AvgIpc) is 2.87. The highest BCUT2D eigenvalue weighted by Gasteiger charge is 2.31. The molecule has 35 heavy (non-hydrogen) atoms. The number of aromatic nitrogens is 1. The first-order chi connectivity index (χ1) is 17.0. The number of halogens is 1. The first-order valence-electron chi connectivity index (χ1n) is 12.1. The molecule has 1 saturated heterocycles. The summed E-state index contributed by atoms with van der Waals surface area (Å²) in [7, 11) is 1.59. The van der Waals surface area contributed by atoms with Gasteiger partial charge in [-0.1, -0.05) is 30.0 Å². The van der Waals surface area contributed by atoms with E-state index in [1.165, 1.54) is 0 Å². The molecule has 2 heterocycles. The van der Waals surface area contributed by atoms with Gasteiger partial charge in [0.15, 0.2) is 0 Å². The second kappa shape index (κ2) is 11.8. The molecule has 6 heteroatoms. The fraction of sp³-hybridized carbons (Fsp3) is 0.379. The number of carbonyl (C=O) groups is 1. The minimum atomic E-state index is -1.15. The van der Waals surface area contributed by atoms with E-state index in [9.17, 15) is 9.90 Å². The zero-order valence-corrected chi connectivity index (χ0v) is 20.0. The van der Waals surface area contributed by atoms with Crippen molar-refractivity contribution in [1.29, 1.82) is 0 Å². The Morgan fingerprint density at radius 3 is 2.83 bits per heavy atom. The monoisotopic (exact) mass is 474 g/mol. The Balaban J connectivity index is 1.39. The molecule has 1 N–H and O–H groups in total. The van der Waals surface area contributed by atoms with Crippen LogP contribution >= 0.6 is 0 Å². The number of aliphatic carboxylic acids is 1. The van der Waals surface area contributed by atoms with Crippen molar-refractivity contribution in [2.75, 3.05) is 26.7 Å². The van der Waals surface area contributed by atoms with Crippen molar-refractivity contribution in [2.24, 2.45) is 11.8 Å². The molecule has 2 aromatic carbocycles. The molecule has 1 aromatic heterocycles. The maximum atomic E-state index is 15.4. The van der Waals surface area contributed by atoms with Crippen molar-refractivity contribution in [1.82, 2.24) is 9.88 Å². The maximum Gasteiger partial charge on any atom is 0.303 e. The topological polar surface area (TPSA) is 62.7 Å². The average molecular weight is 475 g/mol. The fourth-order valence-electron chi connectivity index (χ4n) is 4.97. The summed E-state index contributed by atoms with van der Waals surface area (Å²) in [5.41, 5.74) is 2.32. The summed E-state index contributed by atoms with van der Waals surface area (Å²) in [5.74, 6) is 6.40. The van der Waals surface area contributed by atoms with E-state index in [1.807, 2.05) is 48.5 Å². The summed E-state index contributed by atoms with van der Waals surface area (Å²) in [6.45, 7) is 2.12. The smallest absolute Gasteiger partial charge is 0.303 e. The van der Waals surface area contributed by atoms with Crippen LogP contribution in [-0.2, 0) is 4.79 Å². The van der Waals surface area contributed by atoms with E-state index in [1.54, 1.807) is 19.4 Å². The highest BCUT2D eigenvalue weighted by atomic mass is 19.1. The molecule has 0 aliphatic carbocycles. The molecule has 1 fully saturated rings. The van der Waals surface area contributed by atoms with Crippen molar-refractivity contribution in [2.45, 2.75) is 31.9 Å².